The number of fused-ring (bicyclic) bond motifs is 1. The fourth-order valence-electron chi connectivity index (χ4n) is 4.28. The van der Waals surface area contributed by atoms with Gasteiger partial charge in [0.05, 0.1) is 11.0 Å². The van der Waals surface area contributed by atoms with Gasteiger partial charge in [-0.1, -0.05) is 6.08 Å². The zero-order valence-electron chi connectivity index (χ0n) is 19.6. The normalized spacial score (nSPS) is 18.9. The van der Waals surface area contributed by atoms with Gasteiger partial charge in [0.25, 0.3) is 5.91 Å². The lowest BCUT2D eigenvalue weighted by molar-refractivity contribution is 0.0845. The van der Waals surface area contributed by atoms with Gasteiger partial charge in [0, 0.05) is 42.0 Å². The number of rotatable bonds is 9. The molecular weight excluding hydrogens is 445 g/mol. The summed E-state index contributed by atoms with van der Waals surface area (Å²) in [7, 11) is 1.94. The topological polar surface area (TPSA) is 88.5 Å². The second kappa shape index (κ2) is 10.3. The maximum Gasteiger partial charge on any atom is 0.251 e. The zero-order chi connectivity index (χ0) is 24.2. The predicted molar refractivity (Wildman–Crippen MR) is 134 cm³/mol. The lowest BCUT2D eigenvalue weighted by atomic mass is 9.89. The number of ether oxygens (including phenoxy) is 1. The fourth-order valence-corrected chi connectivity index (χ4v) is 4.28. The molecule has 35 heavy (non-hydrogen) atoms. The molecule has 1 fully saturated rings. The van der Waals surface area contributed by atoms with E-state index in [0.717, 1.165) is 37.8 Å². The van der Waals surface area contributed by atoms with E-state index in [2.05, 4.69) is 15.6 Å². The minimum atomic E-state index is -0.323. The summed E-state index contributed by atoms with van der Waals surface area (Å²) in [5.41, 5.74) is 4.13. The van der Waals surface area contributed by atoms with Crippen molar-refractivity contribution in [1.29, 1.82) is 0 Å². The van der Waals surface area contributed by atoms with Crippen LogP contribution in [-0.2, 0) is 0 Å². The second-order valence-electron chi connectivity index (χ2n) is 8.93. The molecule has 180 valence electrons. The molecule has 0 saturated heterocycles. The highest BCUT2D eigenvalue weighted by Gasteiger charge is 2.31. The fraction of sp³-hybridized carbons (Fsp3) is 0.333. The van der Waals surface area contributed by atoms with Gasteiger partial charge in [-0.25, -0.2) is 14.4 Å². The standard InChI is InChI=1S/C27H28FN5O2/c1-29-21-15-22(16-21)35-27-25(17-6-9-19(28)10-7-17)32-24-14-18(8-11-23(24)33-27)26(34)31-13-3-5-20-4-2-12-30-20/h2,6-12,14,21-22,29H,3-5,13,15-16H2,1H3,(H,31,34). The molecule has 1 aromatic heterocycles. The van der Waals surface area contributed by atoms with Crippen LogP contribution in [0.4, 0.5) is 4.39 Å². The Labute approximate surface area is 203 Å². The van der Waals surface area contributed by atoms with E-state index in [1.54, 1.807) is 30.3 Å². The molecule has 3 aromatic rings. The van der Waals surface area contributed by atoms with Crippen LogP contribution < -0.4 is 15.4 Å². The van der Waals surface area contributed by atoms with Gasteiger partial charge >= 0.3 is 0 Å². The highest BCUT2D eigenvalue weighted by molar-refractivity contribution is 5.97. The van der Waals surface area contributed by atoms with Crippen molar-refractivity contribution in [3.8, 4) is 17.1 Å². The number of nitrogens with one attached hydrogen (secondary N) is 2. The Morgan fingerprint density at radius 3 is 2.69 bits per heavy atom. The maximum atomic E-state index is 13.5. The molecule has 0 spiro atoms. The van der Waals surface area contributed by atoms with Crippen LogP contribution in [0.25, 0.3) is 22.3 Å². The highest BCUT2D eigenvalue weighted by atomic mass is 19.1. The Hall–Kier alpha value is -3.65. The van der Waals surface area contributed by atoms with E-state index in [0.29, 0.717) is 46.3 Å². The van der Waals surface area contributed by atoms with E-state index in [1.807, 2.05) is 19.3 Å². The summed E-state index contributed by atoms with van der Waals surface area (Å²) in [4.78, 5) is 26.5. The molecule has 1 aliphatic carbocycles. The Morgan fingerprint density at radius 1 is 1.11 bits per heavy atom. The average molecular weight is 474 g/mol. The highest BCUT2D eigenvalue weighted by Crippen LogP contribution is 2.33. The number of nitrogens with zero attached hydrogens (tertiary/aromatic N) is 3. The number of aliphatic imine (C=N–C) groups is 1. The van der Waals surface area contributed by atoms with Crippen molar-refractivity contribution in [2.75, 3.05) is 13.6 Å². The van der Waals surface area contributed by atoms with Crippen molar-refractivity contribution < 1.29 is 13.9 Å². The number of hydrogen-bond acceptors (Lipinski definition) is 6. The summed E-state index contributed by atoms with van der Waals surface area (Å²) >= 11 is 0. The second-order valence-corrected chi connectivity index (χ2v) is 8.93. The number of carbonyl (C=O) groups excluding carboxylic acids is 1. The first-order valence-electron chi connectivity index (χ1n) is 12.0. The Bertz CT molecular complexity index is 1280. The van der Waals surface area contributed by atoms with Crippen molar-refractivity contribution in [1.82, 2.24) is 20.6 Å². The van der Waals surface area contributed by atoms with E-state index in [-0.39, 0.29) is 17.8 Å². The molecule has 2 aliphatic rings. The van der Waals surface area contributed by atoms with E-state index in [9.17, 15) is 9.18 Å². The van der Waals surface area contributed by atoms with Crippen LogP contribution in [-0.4, -0.2) is 47.3 Å². The number of aromatic nitrogens is 2. The van der Waals surface area contributed by atoms with Gasteiger partial charge < -0.3 is 15.4 Å². The molecule has 8 heteroatoms. The molecule has 1 saturated carbocycles. The zero-order valence-corrected chi connectivity index (χ0v) is 19.6. The summed E-state index contributed by atoms with van der Waals surface area (Å²) < 4.78 is 19.7. The van der Waals surface area contributed by atoms with Crippen LogP contribution in [0, 0.1) is 5.82 Å². The molecule has 0 atom stereocenters. The van der Waals surface area contributed by atoms with Crippen molar-refractivity contribution in [2.45, 2.75) is 44.2 Å². The smallest absolute Gasteiger partial charge is 0.251 e. The molecule has 2 N–H and O–H groups in total. The van der Waals surface area contributed by atoms with Crippen molar-refractivity contribution in [2.24, 2.45) is 4.99 Å². The van der Waals surface area contributed by atoms with Gasteiger partial charge in [0.1, 0.15) is 17.6 Å². The van der Waals surface area contributed by atoms with Crippen LogP contribution in [0.2, 0.25) is 0 Å². The number of hydrogen-bond donors (Lipinski definition) is 2. The Balaban J connectivity index is 1.35. The lowest BCUT2D eigenvalue weighted by Gasteiger charge is -2.35. The molecular formula is C27H28FN5O2. The maximum absolute atomic E-state index is 13.5. The summed E-state index contributed by atoms with van der Waals surface area (Å²) in [5.74, 6) is -0.0577. The molecule has 7 nitrogen and oxygen atoms in total. The number of allylic oxidation sites excluding steroid dienone is 1. The third kappa shape index (κ3) is 5.38. The molecule has 2 heterocycles. The molecule has 1 aliphatic heterocycles. The SMILES string of the molecule is CNC1CC(Oc2nc3ccc(C(=O)NCCCC4=NC=CC4)cc3nc2-c2ccc(F)cc2)C1. The molecule has 1 amide bonds. The summed E-state index contributed by atoms with van der Waals surface area (Å²) in [6.07, 6.45) is 8.30. The molecule has 5 rings (SSSR count). The number of carbonyl (C=O) groups is 1. The predicted octanol–water partition coefficient (Wildman–Crippen LogP) is 4.43. The van der Waals surface area contributed by atoms with E-state index in [1.165, 1.54) is 12.1 Å². The molecule has 0 bridgehead atoms. The van der Waals surface area contributed by atoms with E-state index < -0.39 is 0 Å². The lowest BCUT2D eigenvalue weighted by Crippen LogP contribution is -2.45. The summed E-state index contributed by atoms with van der Waals surface area (Å²) in [6, 6.07) is 11.8. The third-order valence-electron chi connectivity index (χ3n) is 6.44. The minimum Gasteiger partial charge on any atom is -0.473 e. The first-order chi connectivity index (χ1) is 17.1. The summed E-state index contributed by atoms with van der Waals surface area (Å²) in [6.45, 7) is 0.574. The van der Waals surface area contributed by atoms with Crippen molar-refractivity contribution in [3.05, 3.63) is 66.1 Å². The number of benzene rings is 2. The molecule has 0 unspecified atom stereocenters. The van der Waals surface area contributed by atoms with E-state index in [4.69, 9.17) is 14.7 Å². The van der Waals surface area contributed by atoms with Gasteiger partial charge in [0.2, 0.25) is 5.88 Å². The van der Waals surface area contributed by atoms with Crippen molar-refractivity contribution in [3.63, 3.8) is 0 Å². The van der Waals surface area contributed by atoms with Gasteiger partial charge in [0.15, 0.2) is 0 Å². The Kier molecular flexibility index (Phi) is 6.81. The summed E-state index contributed by atoms with van der Waals surface area (Å²) in [5, 5.41) is 6.21. The first-order valence-corrected chi connectivity index (χ1v) is 12.0. The van der Waals surface area contributed by atoms with E-state index >= 15 is 0 Å². The first kappa shape index (κ1) is 23.1. The Morgan fingerprint density at radius 2 is 1.94 bits per heavy atom. The van der Waals surface area contributed by atoms with Gasteiger partial charge in [-0.2, -0.15) is 0 Å². The van der Waals surface area contributed by atoms with Crippen LogP contribution in [0.15, 0.2) is 59.7 Å². The van der Waals surface area contributed by atoms with Crippen molar-refractivity contribution >= 4 is 22.7 Å². The van der Waals surface area contributed by atoms with Gasteiger partial charge in [-0.05, 0) is 75.2 Å². The minimum absolute atomic E-state index is 0.0504. The number of halogens is 1. The van der Waals surface area contributed by atoms with Crippen LogP contribution in [0.3, 0.4) is 0 Å². The largest absolute Gasteiger partial charge is 0.473 e. The van der Waals surface area contributed by atoms with Crippen LogP contribution in [0.5, 0.6) is 5.88 Å². The average Bonchev–Trinajstić information content (AvgIpc) is 3.37. The van der Waals surface area contributed by atoms with Gasteiger partial charge in [-0.15, -0.1) is 0 Å². The quantitative estimate of drug-likeness (QED) is 0.449. The van der Waals surface area contributed by atoms with Gasteiger partial charge in [-0.3, -0.25) is 9.79 Å². The molecule has 2 aromatic carbocycles. The van der Waals surface area contributed by atoms with Crippen LogP contribution >= 0.6 is 0 Å². The monoisotopic (exact) mass is 473 g/mol. The third-order valence-corrected chi connectivity index (χ3v) is 6.44. The van der Waals surface area contributed by atoms with Crippen LogP contribution in [0.1, 0.15) is 42.5 Å². The number of amides is 1. The molecule has 0 radical (unpaired) electrons.